The van der Waals surface area contributed by atoms with Gasteiger partial charge in [-0.3, -0.25) is 0 Å². The monoisotopic (exact) mass is 210 g/mol. The Bertz CT molecular complexity index is 326. The van der Waals surface area contributed by atoms with Crippen molar-refractivity contribution in [3.05, 3.63) is 47.0 Å². The summed E-state index contributed by atoms with van der Waals surface area (Å²) in [6.45, 7) is 0. The Hall–Kier alpha value is -0.140. The fourth-order valence-corrected chi connectivity index (χ4v) is 6.74. The third-order valence-corrected chi connectivity index (χ3v) is 6.96. The Kier molecular flexibility index (Phi) is 2.96. The van der Waals surface area contributed by atoms with Crippen LogP contribution in [0.3, 0.4) is 0 Å². The first-order chi connectivity index (χ1) is 5.95. The molecule has 2 aromatic rings. The number of benzene rings is 1. The highest BCUT2D eigenvalue weighted by atomic mass is 32.1. The van der Waals surface area contributed by atoms with Crippen molar-refractivity contribution in [1.29, 1.82) is 0 Å². The molecule has 0 amide bonds. The fraction of sp³-hybridized carbons (Fsp3) is 0.111. The maximum Gasteiger partial charge on any atom is 0.00246 e. The van der Waals surface area contributed by atoms with Crippen molar-refractivity contribution in [2.24, 2.45) is 0 Å². The third-order valence-electron chi connectivity index (χ3n) is 1.69. The van der Waals surface area contributed by atoms with E-state index in [1.54, 1.807) is 13.2 Å². The summed E-state index contributed by atoms with van der Waals surface area (Å²) in [5, 5.41) is 1.60. The lowest BCUT2D eigenvalue weighted by Gasteiger charge is -1.96. The predicted octanol–water partition coefficient (Wildman–Crippen LogP) is 4.47. The van der Waals surface area contributed by atoms with Crippen molar-refractivity contribution >= 4 is 23.3 Å². The molecule has 0 nitrogen and oxygen atoms in total. The zero-order valence-electron chi connectivity index (χ0n) is 6.57. The van der Waals surface area contributed by atoms with Crippen molar-refractivity contribution in [2.75, 3.05) is 0 Å². The predicted molar refractivity (Wildman–Crippen MR) is 60.2 cm³/mol. The van der Waals surface area contributed by atoms with E-state index < -0.39 is 0 Å². The lowest BCUT2D eigenvalue weighted by molar-refractivity contribution is 1.25. The standard InChI is InChI=1S/C9H9P3/c1-2-4-8(5-3-1)6-9-7-10-12-11-9/h1-5,7,12H,6H2. The van der Waals surface area contributed by atoms with Gasteiger partial charge in [0.25, 0.3) is 0 Å². The number of hydrogen-bond acceptors (Lipinski definition) is 0. The highest BCUT2D eigenvalue weighted by Gasteiger charge is 1.94. The first-order valence-corrected chi connectivity index (χ1v) is 8.38. The van der Waals surface area contributed by atoms with E-state index in [0.29, 0.717) is 0 Å². The van der Waals surface area contributed by atoms with Crippen molar-refractivity contribution in [3.63, 3.8) is 0 Å². The zero-order valence-corrected chi connectivity index (χ0v) is 9.35. The molecule has 0 radical (unpaired) electrons. The normalized spacial score (nSPS) is 12.0. The molecule has 1 unspecified atom stereocenters. The van der Waals surface area contributed by atoms with E-state index in [1.807, 2.05) is 0 Å². The smallest absolute Gasteiger partial charge is 0.00246 e. The summed E-state index contributed by atoms with van der Waals surface area (Å²) < 4.78 is 0. The second kappa shape index (κ2) is 4.20. The largest absolute Gasteiger partial charge is 0.0815 e. The van der Waals surface area contributed by atoms with Crippen LogP contribution in [-0.2, 0) is 6.42 Å². The van der Waals surface area contributed by atoms with Gasteiger partial charge < -0.3 is 0 Å². The van der Waals surface area contributed by atoms with Gasteiger partial charge in [-0.05, 0) is 24.5 Å². The van der Waals surface area contributed by atoms with Crippen molar-refractivity contribution < 1.29 is 0 Å². The van der Waals surface area contributed by atoms with Crippen LogP contribution < -0.4 is 0 Å². The lowest BCUT2D eigenvalue weighted by Crippen LogP contribution is -1.80. The van der Waals surface area contributed by atoms with Gasteiger partial charge in [0.15, 0.2) is 0 Å². The van der Waals surface area contributed by atoms with Gasteiger partial charge in [0, 0.05) is 6.42 Å². The van der Waals surface area contributed by atoms with Crippen LogP contribution in [0, 0.1) is 0 Å². The average molecular weight is 210 g/mol. The lowest BCUT2D eigenvalue weighted by atomic mass is 10.1. The van der Waals surface area contributed by atoms with Crippen molar-refractivity contribution in [1.82, 2.24) is 0 Å². The molecule has 1 atom stereocenters. The molecule has 0 aliphatic carbocycles. The van der Waals surface area contributed by atoms with Gasteiger partial charge in [-0.15, -0.1) is 0 Å². The van der Waals surface area contributed by atoms with Gasteiger partial charge in [0.1, 0.15) is 0 Å². The van der Waals surface area contributed by atoms with Crippen LogP contribution in [0.25, 0.3) is 0 Å². The summed E-state index contributed by atoms with van der Waals surface area (Å²) in [5.41, 5.74) is 1.44. The van der Waals surface area contributed by atoms with Crippen molar-refractivity contribution in [3.8, 4) is 0 Å². The highest BCUT2D eigenvalue weighted by Crippen LogP contribution is 2.37. The molecule has 0 aliphatic heterocycles. The maximum absolute atomic E-state index is 2.37. The molecule has 1 aromatic carbocycles. The molecule has 60 valence electrons. The van der Waals surface area contributed by atoms with Crippen LogP contribution in [-0.4, -0.2) is 0 Å². The van der Waals surface area contributed by atoms with Gasteiger partial charge in [0.05, 0.1) is 0 Å². The molecule has 0 spiro atoms. The number of rotatable bonds is 2. The summed E-state index contributed by atoms with van der Waals surface area (Å²) in [6, 6.07) is 10.7. The van der Waals surface area contributed by atoms with Crippen LogP contribution in [0.4, 0.5) is 0 Å². The summed E-state index contributed by atoms with van der Waals surface area (Å²) in [7, 11) is 4.17. The molecular formula is C9H9P3. The molecule has 2 rings (SSSR count). The number of hydrogen-bond donors (Lipinski definition) is 0. The Labute approximate surface area is 77.1 Å². The van der Waals surface area contributed by atoms with Crippen LogP contribution in [0.2, 0.25) is 0 Å². The van der Waals surface area contributed by atoms with E-state index in [0.717, 1.165) is 14.0 Å². The van der Waals surface area contributed by atoms with Crippen LogP contribution in [0.5, 0.6) is 0 Å². The molecule has 0 aliphatic rings. The van der Waals surface area contributed by atoms with Gasteiger partial charge in [0.2, 0.25) is 0 Å². The highest BCUT2D eigenvalue weighted by molar-refractivity contribution is 8.17. The molecule has 0 N–H and O–H groups in total. The fourth-order valence-electron chi connectivity index (χ4n) is 1.12. The Morgan fingerprint density at radius 2 is 2.00 bits per heavy atom. The molecule has 3 heteroatoms. The van der Waals surface area contributed by atoms with Gasteiger partial charge >= 0.3 is 0 Å². The molecule has 1 heterocycles. The second-order valence-corrected chi connectivity index (χ2v) is 7.98. The van der Waals surface area contributed by atoms with Crippen molar-refractivity contribution in [2.45, 2.75) is 6.42 Å². The molecule has 0 saturated heterocycles. The van der Waals surface area contributed by atoms with E-state index in [9.17, 15) is 0 Å². The van der Waals surface area contributed by atoms with Crippen LogP contribution >= 0.6 is 23.3 Å². The van der Waals surface area contributed by atoms with E-state index in [4.69, 9.17) is 0 Å². The second-order valence-electron chi connectivity index (χ2n) is 2.62. The molecule has 1 aromatic heterocycles. The van der Waals surface area contributed by atoms with E-state index in [2.05, 4.69) is 36.1 Å². The van der Waals surface area contributed by atoms with Gasteiger partial charge in [-0.1, -0.05) is 45.7 Å². The molecule has 0 fully saturated rings. The first-order valence-electron chi connectivity index (χ1n) is 3.84. The minimum absolute atomic E-state index is 1.09. The summed E-state index contributed by atoms with van der Waals surface area (Å²) >= 11 is 0. The first kappa shape index (κ1) is 8.46. The van der Waals surface area contributed by atoms with E-state index in [-0.39, 0.29) is 0 Å². The summed E-state index contributed by atoms with van der Waals surface area (Å²) in [6.07, 6.45) is 1.16. The molecule has 0 bridgehead atoms. The SMILES string of the molecule is c1ccc(Cc2cp[pH]p2)cc1. The Morgan fingerprint density at radius 3 is 2.67 bits per heavy atom. The van der Waals surface area contributed by atoms with Crippen LogP contribution in [0.1, 0.15) is 10.9 Å². The third kappa shape index (κ3) is 2.18. The minimum Gasteiger partial charge on any atom is -0.0815 e. The van der Waals surface area contributed by atoms with Crippen LogP contribution in [0.15, 0.2) is 36.1 Å². The molecule has 12 heavy (non-hydrogen) atoms. The Morgan fingerprint density at radius 1 is 1.17 bits per heavy atom. The van der Waals surface area contributed by atoms with E-state index in [1.165, 1.54) is 13.4 Å². The quantitative estimate of drug-likeness (QED) is 0.685. The average Bonchev–Trinajstić information content (AvgIpc) is 2.59. The topological polar surface area (TPSA) is 0 Å². The zero-order chi connectivity index (χ0) is 8.23. The summed E-state index contributed by atoms with van der Waals surface area (Å²) in [5.74, 6) is 2.37. The molecule has 0 saturated carbocycles. The van der Waals surface area contributed by atoms with Gasteiger partial charge in [-0.2, -0.15) is 0 Å². The molecular weight excluding hydrogens is 201 g/mol. The Balaban J connectivity index is 2.15. The summed E-state index contributed by atoms with van der Waals surface area (Å²) in [4.78, 5) is 0. The van der Waals surface area contributed by atoms with Gasteiger partial charge in [-0.25, -0.2) is 0 Å². The maximum atomic E-state index is 2.37. The minimum atomic E-state index is 1.09. The van der Waals surface area contributed by atoms with E-state index >= 15 is 0 Å².